The van der Waals surface area contributed by atoms with Crippen molar-refractivity contribution in [2.75, 3.05) is 18.2 Å². The number of nitrogens with one attached hydrogen (secondary N) is 1. The van der Waals surface area contributed by atoms with E-state index in [1.54, 1.807) is 37.4 Å². The molecule has 0 spiro atoms. The predicted octanol–water partition coefficient (Wildman–Crippen LogP) is 5.25. The van der Waals surface area contributed by atoms with E-state index in [-0.39, 0.29) is 17.2 Å². The third-order valence-corrected chi connectivity index (χ3v) is 6.91. The second kappa shape index (κ2) is 10.1. The molecule has 3 aromatic carbocycles. The molecule has 0 saturated heterocycles. The Morgan fingerprint density at radius 2 is 1.83 bits per heavy atom. The highest BCUT2D eigenvalue weighted by Gasteiger charge is 2.16. The highest BCUT2D eigenvalue weighted by molar-refractivity contribution is 7.99. The molecule has 0 aliphatic heterocycles. The number of ether oxygens (including phenoxy) is 1. The van der Waals surface area contributed by atoms with Crippen molar-refractivity contribution in [1.82, 2.24) is 14.5 Å². The summed E-state index contributed by atoms with van der Waals surface area (Å²) < 4.78 is 6.84. The van der Waals surface area contributed by atoms with Crippen molar-refractivity contribution < 1.29 is 9.53 Å². The second-order valence-electron chi connectivity index (χ2n) is 7.49. The zero-order chi connectivity index (χ0) is 24.2. The fourth-order valence-electron chi connectivity index (χ4n) is 3.54. The van der Waals surface area contributed by atoms with Crippen molar-refractivity contribution in [2.24, 2.45) is 0 Å². The molecule has 1 N–H and O–H groups in total. The van der Waals surface area contributed by atoms with Crippen molar-refractivity contribution in [3.63, 3.8) is 0 Å². The molecule has 0 atom stereocenters. The minimum Gasteiger partial charge on any atom is -0.497 e. The van der Waals surface area contributed by atoms with Gasteiger partial charge < -0.3 is 10.1 Å². The van der Waals surface area contributed by atoms with E-state index in [0.717, 1.165) is 11.3 Å². The topological polar surface area (TPSA) is 86.1 Å². The molecule has 5 aromatic rings. The molecule has 0 saturated carbocycles. The fourth-order valence-corrected chi connectivity index (χ4v) is 5.09. The molecule has 174 valence electrons. The van der Waals surface area contributed by atoms with Gasteiger partial charge in [0.1, 0.15) is 5.75 Å². The Labute approximate surface area is 209 Å². The number of amides is 1. The van der Waals surface area contributed by atoms with Gasteiger partial charge in [0.15, 0.2) is 10.3 Å². The van der Waals surface area contributed by atoms with Crippen LogP contribution < -0.4 is 15.6 Å². The minimum atomic E-state index is -0.233. The first kappa shape index (κ1) is 22.8. The number of hydrogen-bond acceptors (Lipinski definition) is 7. The van der Waals surface area contributed by atoms with Gasteiger partial charge in [-0.25, -0.2) is 9.97 Å². The summed E-state index contributed by atoms with van der Waals surface area (Å²) in [6.07, 6.45) is 0. The Bertz CT molecular complexity index is 1560. The van der Waals surface area contributed by atoms with Gasteiger partial charge in [-0.1, -0.05) is 60.3 Å². The number of rotatable bonds is 7. The van der Waals surface area contributed by atoms with E-state index in [9.17, 15) is 9.59 Å². The number of hydrogen-bond donors (Lipinski definition) is 1. The molecule has 0 radical (unpaired) electrons. The maximum atomic E-state index is 13.4. The molecule has 7 nitrogen and oxygen atoms in total. The number of thiazole rings is 1. The maximum absolute atomic E-state index is 13.4. The van der Waals surface area contributed by atoms with Crippen LogP contribution in [0.3, 0.4) is 0 Å². The lowest BCUT2D eigenvalue weighted by molar-refractivity contribution is -0.113. The summed E-state index contributed by atoms with van der Waals surface area (Å²) in [5.74, 6) is 0.451. The van der Waals surface area contributed by atoms with E-state index in [1.165, 1.54) is 27.7 Å². The van der Waals surface area contributed by atoms with Crippen LogP contribution in [0.15, 0.2) is 94.2 Å². The van der Waals surface area contributed by atoms with Crippen molar-refractivity contribution >= 4 is 45.0 Å². The van der Waals surface area contributed by atoms with Gasteiger partial charge in [0, 0.05) is 17.0 Å². The molecule has 9 heteroatoms. The number of aromatic nitrogens is 3. The molecule has 2 heterocycles. The lowest BCUT2D eigenvalue weighted by atomic mass is 10.2. The minimum absolute atomic E-state index is 0.0645. The quantitative estimate of drug-likeness (QED) is 0.243. The van der Waals surface area contributed by atoms with Crippen LogP contribution in [0.2, 0.25) is 0 Å². The van der Waals surface area contributed by atoms with Crippen LogP contribution in [0.1, 0.15) is 0 Å². The molecule has 0 aliphatic carbocycles. The van der Waals surface area contributed by atoms with Crippen LogP contribution in [0, 0.1) is 0 Å². The Balaban J connectivity index is 1.40. The third kappa shape index (κ3) is 4.96. The summed E-state index contributed by atoms with van der Waals surface area (Å²) in [6, 6.07) is 24.1. The summed E-state index contributed by atoms with van der Waals surface area (Å²) in [5.41, 5.74) is 2.78. The zero-order valence-electron chi connectivity index (χ0n) is 18.7. The second-order valence-corrected chi connectivity index (χ2v) is 9.29. The maximum Gasteiger partial charge on any atom is 0.266 e. The van der Waals surface area contributed by atoms with E-state index >= 15 is 0 Å². The predicted molar refractivity (Wildman–Crippen MR) is 141 cm³/mol. The average Bonchev–Trinajstić information content (AvgIpc) is 3.36. The summed E-state index contributed by atoms with van der Waals surface area (Å²) in [5, 5.41) is 6.19. The van der Waals surface area contributed by atoms with E-state index in [0.29, 0.717) is 32.6 Å². The number of para-hydroxylation sites is 1. The van der Waals surface area contributed by atoms with Crippen molar-refractivity contribution in [3.05, 3.63) is 94.6 Å². The number of carbonyl (C=O) groups is 1. The van der Waals surface area contributed by atoms with Gasteiger partial charge in [-0.2, -0.15) is 0 Å². The van der Waals surface area contributed by atoms with E-state index in [4.69, 9.17) is 4.74 Å². The number of thioether (sulfide) groups is 1. The monoisotopic (exact) mass is 500 g/mol. The molecular formula is C26H20N4O3S2. The normalized spacial score (nSPS) is 10.9. The largest absolute Gasteiger partial charge is 0.497 e. The Kier molecular flexibility index (Phi) is 6.60. The molecule has 5 rings (SSSR count). The fraction of sp³-hybridized carbons (Fsp3) is 0.0769. The van der Waals surface area contributed by atoms with Crippen molar-refractivity contribution in [3.8, 4) is 22.7 Å². The summed E-state index contributed by atoms with van der Waals surface area (Å²) in [7, 11) is 1.57. The van der Waals surface area contributed by atoms with Gasteiger partial charge in [-0.05, 0) is 24.3 Å². The smallest absolute Gasteiger partial charge is 0.266 e. The number of methoxy groups -OCH3 is 1. The van der Waals surface area contributed by atoms with Gasteiger partial charge in [-0.3, -0.25) is 14.2 Å². The van der Waals surface area contributed by atoms with Gasteiger partial charge >= 0.3 is 0 Å². The highest BCUT2D eigenvalue weighted by atomic mass is 32.2. The lowest BCUT2D eigenvalue weighted by Crippen LogP contribution is -2.23. The lowest BCUT2D eigenvalue weighted by Gasteiger charge is -2.14. The number of anilines is 1. The first-order valence-corrected chi connectivity index (χ1v) is 12.6. The van der Waals surface area contributed by atoms with E-state index in [1.807, 2.05) is 53.9 Å². The zero-order valence-corrected chi connectivity index (χ0v) is 20.3. The molecule has 1 amide bonds. The summed E-state index contributed by atoms with van der Waals surface area (Å²) in [4.78, 5) is 35.3. The molecule has 0 aliphatic rings. The standard InChI is InChI=1S/C26H20N4O3S2/c1-33-19-11-7-10-18(14-19)30-24(32)20-12-5-6-13-21(20)28-26(30)35-16-23(31)29-25-27-22(15-34-25)17-8-3-2-4-9-17/h2-15H,16H2,1H3,(H,27,29,31). The highest BCUT2D eigenvalue weighted by Crippen LogP contribution is 2.26. The number of nitrogens with zero attached hydrogens (tertiary/aromatic N) is 3. The van der Waals surface area contributed by atoms with Gasteiger partial charge in [0.05, 0.1) is 35.1 Å². The van der Waals surface area contributed by atoms with Crippen LogP contribution in [0.4, 0.5) is 5.13 Å². The van der Waals surface area contributed by atoms with Gasteiger partial charge in [0.2, 0.25) is 5.91 Å². The third-order valence-electron chi connectivity index (χ3n) is 5.21. The van der Waals surface area contributed by atoms with Gasteiger partial charge in [-0.15, -0.1) is 11.3 Å². The van der Waals surface area contributed by atoms with Crippen LogP contribution in [-0.4, -0.2) is 33.3 Å². The van der Waals surface area contributed by atoms with Crippen molar-refractivity contribution in [2.45, 2.75) is 5.16 Å². The molecule has 0 fully saturated rings. The van der Waals surface area contributed by atoms with Crippen LogP contribution in [0.5, 0.6) is 5.75 Å². The van der Waals surface area contributed by atoms with E-state index < -0.39 is 0 Å². The number of benzene rings is 3. The van der Waals surface area contributed by atoms with Crippen LogP contribution in [-0.2, 0) is 4.79 Å². The summed E-state index contributed by atoms with van der Waals surface area (Å²) >= 11 is 2.56. The molecular weight excluding hydrogens is 480 g/mol. The molecule has 2 aromatic heterocycles. The van der Waals surface area contributed by atoms with E-state index in [2.05, 4.69) is 15.3 Å². The first-order valence-electron chi connectivity index (χ1n) is 10.7. The molecule has 0 bridgehead atoms. The Hall–Kier alpha value is -3.95. The summed E-state index contributed by atoms with van der Waals surface area (Å²) in [6.45, 7) is 0. The average molecular weight is 501 g/mol. The van der Waals surface area contributed by atoms with Gasteiger partial charge in [0.25, 0.3) is 5.56 Å². The first-order chi connectivity index (χ1) is 17.1. The molecule has 35 heavy (non-hydrogen) atoms. The van der Waals surface area contributed by atoms with Crippen LogP contribution in [0.25, 0.3) is 27.8 Å². The molecule has 0 unspecified atom stereocenters. The van der Waals surface area contributed by atoms with Crippen molar-refractivity contribution in [1.29, 1.82) is 0 Å². The Morgan fingerprint density at radius 3 is 2.66 bits per heavy atom. The Morgan fingerprint density at radius 1 is 1.03 bits per heavy atom. The number of fused-ring (bicyclic) bond motifs is 1. The SMILES string of the molecule is COc1cccc(-n2c(SCC(=O)Nc3nc(-c4ccccc4)cs3)nc3ccccc3c2=O)c1. The number of carbonyl (C=O) groups excluding carboxylic acids is 1. The van der Waals surface area contributed by atoms with Crippen LogP contribution >= 0.6 is 23.1 Å².